The van der Waals surface area contributed by atoms with E-state index in [1.807, 2.05) is 11.9 Å². The van der Waals surface area contributed by atoms with Crippen molar-refractivity contribution < 1.29 is 9.53 Å². The molecule has 0 radical (unpaired) electrons. The van der Waals surface area contributed by atoms with Crippen LogP contribution in [0.5, 0.6) is 0 Å². The zero-order valence-electron chi connectivity index (χ0n) is 8.96. The fourth-order valence-electron chi connectivity index (χ4n) is 0.968. The lowest BCUT2D eigenvalue weighted by Crippen LogP contribution is -2.27. The summed E-state index contributed by atoms with van der Waals surface area (Å²) in [7, 11) is 1.92. The number of esters is 1. The minimum Gasteiger partial charge on any atom is -0.446 e. The molecule has 3 nitrogen and oxygen atoms in total. The van der Waals surface area contributed by atoms with Crippen LogP contribution < -0.4 is 0 Å². The molecule has 0 aromatic carbocycles. The molecule has 0 fully saturated rings. The first-order chi connectivity index (χ1) is 5.93. The zero-order valence-corrected chi connectivity index (χ0v) is 8.96. The summed E-state index contributed by atoms with van der Waals surface area (Å²) >= 11 is 0. The second kappa shape index (κ2) is 5.75. The van der Waals surface area contributed by atoms with Crippen molar-refractivity contribution in [1.82, 2.24) is 4.90 Å². The van der Waals surface area contributed by atoms with Crippen LogP contribution in [0.4, 0.5) is 0 Å². The normalized spacial score (nSPS) is 10.6. The molecule has 0 amide bonds. The average Bonchev–Trinajstić information content (AvgIpc) is 1.98. The molecule has 0 aromatic heterocycles. The third-order valence-electron chi connectivity index (χ3n) is 1.44. The standard InChI is InChI=1S/C10H19NO2/c1-8(2)6-11(5)7-13-10(12)9(3)4/h8H,3,6-7H2,1-2,4-5H3. The summed E-state index contributed by atoms with van der Waals surface area (Å²) in [6.07, 6.45) is 0. The molecule has 0 saturated heterocycles. The van der Waals surface area contributed by atoms with Gasteiger partial charge in [-0.3, -0.25) is 4.90 Å². The maximum atomic E-state index is 11.0. The monoisotopic (exact) mass is 185 g/mol. The van der Waals surface area contributed by atoms with Crippen molar-refractivity contribution in [3.05, 3.63) is 12.2 Å². The van der Waals surface area contributed by atoms with Crippen molar-refractivity contribution >= 4 is 5.97 Å². The van der Waals surface area contributed by atoms with E-state index in [0.29, 0.717) is 18.2 Å². The van der Waals surface area contributed by atoms with Crippen LogP contribution in [0, 0.1) is 5.92 Å². The molecule has 0 atom stereocenters. The van der Waals surface area contributed by atoms with Gasteiger partial charge in [-0.25, -0.2) is 4.79 Å². The predicted octanol–water partition coefficient (Wildman–Crippen LogP) is 1.65. The molecular weight excluding hydrogens is 166 g/mol. The van der Waals surface area contributed by atoms with E-state index in [1.54, 1.807) is 6.92 Å². The van der Waals surface area contributed by atoms with Gasteiger partial charge in [-0.1, -0.05) is 20.4 Å². The summed E-state index contributed by atoms with van der Waals surface area (Å²) in [6.45, 7) is 10.6. The lowest BCUT2D eigenvalue weighted by atomic mass is 10.2. The van der Waals surface area contributed by atoms with Crippen molar-refractivity contribution in [2.75, 3.05) is 20.3 Å². The van der Waals surface area contributed by atoms with Crippen LogP contribution in [0.1, 0.15) is 20.8 Å². The Bertz CT molecular complexity index is 187. The lowest BCUT2D eigenvalue weighted by Gasteiger charge is -2.18. The molecule has 0 rings (SSSR count). The second-order valence-electron chi connectivity index (χ2n) is 3.77. The molecule has 0 aliphatic heterocycles. The van der Waals surface area contributed by atoms with Crippen LogP contribution in [0.15, 0.2) is 12.2 Å². The second-order valence-corrected chi connectivity index (χ2v) is 3.77. The Kier molecular flexibility index (Phi) is 5.39. The first-order valence-electron chi connectivity index (χ1n) is 4.44. The van der Waals surface area contributed by atoms with Gasteiger partial charge in [-0.2, -0.15) is 0 Å². The quantitative estimate of drug-likeness (QED) is 0.370. The van der Waals surface area contributed by atoms with Crippen molar-refractivity contribution in [2.24, 2.45) is 5.92 Å². The molecule has 0 heterocycles. The first kappa shape index (κ1) is 12.2. The molecular formula is C10H19NO2. The maximum Gasteiger partial charge on any atom is 0.334 e. The largest absolute Gasteiger partial charge is 0.446 e. The van der Waals surface area contributed by atoms with E-state index >= 15 is 0 Å². The predicted molar refractivity (Wildman–Crippen MR) is 53.2 cm³/mol. The highest BCUT2D eigenvalue weighted by Crippen LogP contribution is 1.97. The Balaban J connectivity index is 3.64. The van der Waals surface area contributed by atoms with Crippen LogP contribution in [0.2, 0.25) is 0 Å². The molecule has 0 saturated carbocycles. The van der Waals surface area contributed by atoms with E-state index in [2.05, 4.69) is 20.4 Å². The van der Waals surface area contributed by atoms with Crippen molar-refractivity contribution in [1.29, 1.82) is 0 Å². The van der Waals surface area contributed by atoms with E-state index in [0.717, 1.165) is 6.54 Å². The van der Waals surface area contributed by atoms with Crippen LogP contribution >= 0.6 is 0 Å². The molecule has 0 unspecified atom stereocenters. The smallest absolute Gasteiger partial charge is 0.334 e. The Morgan fingerprint density at radius 1 is 1.54 bits per heavy atom. The third-order valence-corrected chi connectivity index (χ3v) is 1.44. The minimum atomic E-state index is -0.324. The minimum absolute atomic E-state index is 0.324. The summed E-state index contributed by atoms with van der Waals surface area (Å²) in [4.78, 5) is 12.9. The Labute approximate surface area is 80.4 Å². The highest BCUT2D eigenvalue weighted by Gasteiger charge is 2.06. The Morgan fingerprint density at radius 2 is 2.08 bits per heavy atom. The summed E-state index contributed by atoms with van der Waals surface area (Å²) in [5.41, 5.74) is 0.443. The van der Waals surface area contributed by atoms with Gasteiger partial charge in [0.05, 0.1) is 0 Å². The van der Waals surface area contributed by atoms with Gasteiger partial charge < -0.3 is 4.74 Å². The summed E-state index contributed by atoms with van der Waals surface area (Å²) < 4.78 is 4.95. The highest BCUT2D eigenvalue weighted by atomic mass is 16.5. The first-order valence-corrected chi connectivity index (χ1v) is 4.44. The SMILES string of the molecule is C=C(C)C(=O)OCN(C)CC(C)C. The van der Waals surface area contributed by atoms with Gasteiger partial charge in [0.1, 0.15) is 6.73 Å². The van der Waals surface area contributed by atoms with Crippen molar-refractivity contribution in [3.8, 4) is 0 Å². The third kappa shape index (κ3) is 6.34. The van der Waals surface area contributed by atoms with E-state index in [9.17, 15) is 4.79 Å². The van der Waals surface area contributed by atoms with Crippen molar-refractivity contribution in [3.63, 3.8) is 0 Å². The number of nitrogens with zero attached hydrogens (tertiary/aromatic N) is 1. The molecule has 13 heavy (non-hydrogen) atoms. The van der Waals surface area contributed by atoms with Gasteiger partial charge in [0, 0.05) is 12.1 Å². The maximum absolute atomic E-state index is 11.0. The lowest BCUT2D eigenvalue weighted by molar-refractivity contribution is -0.143. The zero-order chi connectivity index (χ0) is 10.4. The molecule has 76 valence electrons. The number of hydrogen-bond acceptors (Lipinski definition) is 3. The fourth-order valence-corrected chi connectivity index (χ4v) is 0.968. The van der Waals surface area contributed by atoms with Crippen molar-refractivity contribution in [2.45, 2.75) is 20.8 Å². The van der Waals surface area contributed by atoms with Crippen LogP contribution in [-0.2, 0) is 9.53 Å². The van der Waals surface area contributed by atoms with Gasteiger partial charge in [0.15, 0.2) is 0 Å². The van der Waals surface area contributed by atoms with E-state index in [-0.39, 0.29) is 5.97 Å². The number of carbonyl (C=O) groups excluding carboxylic acids is 1. The summed E-state index contributed by atoms with van der Waals surface area (Å²) in [5.74, 6) is 0.254. The molecule has 0 N–H and O–H groups in total. The van der Waals surface area contributed by atoms with Crippen LogP contribution in [0.3, 0.4) is 0 Å². The fraction of sp³-hybridized carbons (Fsp3) is 0.700. The number of ether oxygens (including phenoxy) is 1. The van der Waals surface area contributed by atoms with Gasteiger partial charge >= 0.3 is 5.97 Å². The Hall–Kier alpha value is -0.830. The van der Waals surface area contributed by atoms with Gasteiger partial charge in [0.2, 0.25) is 0 Å². The van der Waals surface area contributed by atoms with Crippen LogP contribution in [-0.4, -0.2) is 31.2 Å². The number of rotatable bonds is 5. The summed E-state index contributed by atoms with van der Waals surface area (Å²) in [5, 5.41) is 0. The molecule has 0 spiro atoms. The van der Waals surface area contributed by atoms with Crippen LogP contribution in [0.25, 0.3) is 0 Å². The van der Waals surface area contributed by atoms with Gasteiger partial charge in [-0.05, 0) is 19.9 Å². The van der Waals surface area contributed by atoms with E-state index in [4.69, 9.17) is 4.74 Å². The molecule has 0 aliphatic carbocycles. The van der Waals surface area contributed by atoms with E-state index < -0.39 is 0 Å². The number of carbonyl (C=O) groups is 1. The molecule has 0 aromatic rings. The summed E-state index contributed by atoms with van der Waals surface area (Å²) in [6, 6.07) is 0. The number of hydrogen-bond donors (Lipinski definition) is 0. The van der Waals surface area contributed by atoms with Gasteiger partial charge in [-0.15, -0.1) is 0 Å². The highest BCUT2D eigenvalue weighted by molar-refractivity contribution is 5.86. The Morgan fingerprint density at radius 3 is 2.46 bits per heavy atom. The molecule has 3 heteroatoms. The molecule has 0 aliphatic rings. The average molecular weight is 185 g/mol. The molecule has 0 bridgehead atoms. The van der Waals surface area contributed by atoms with E-state index in [1.165, 1.54) is 0 Å². The van der Waals surface area contributed by atoms with Gasteiger partial charge in [0.25, 0.3) is 0 Å². The topological polar surface area (TPSA) is 29.5 Å².